The molecule has 4 heteroatoms. The summed E-state index contributed by atoms with van der Waals surface area (Å²) in [5.74, 6) is -0.0191. The molecule has 0 radical (unpaired) electrons. The summed E-state index contributed by atoms with van der Waals surface area (Å²) in [5.41, 5.74) is 0.972. The Hall–Kier alpha value is -1.00. The zero-order valence-corrected chi connectivity index (χ0v) is 9.46. The molecule has 0 aliphatic heterocycles. The van der Waals surface area contributed by atoms with Gasteiger partial charge in [0, 0.05) is 5.56 Å². The Morgan fingerprint density at radius 3 is 2.67 bits per heavy atom. The second-order valence-electron chi connectivity index (χ2n) is 3.02. The van der Waals surface area contributed by atoms with Crippen LogP contribution in [0.3, 0.4) is 0 Å². The molecule has 82 valence electrons. The lowest BCUT2D eigenvalue weighted by Gasteiger charge is -2.09. The van der Waals surface area contributed by atoms with E-state index in [2.05, 4.69) is 0 Å². The fraction of sp³-hybridized carbons (Fsp3) is 0.364. The predicted octanol–water partition coefficient (Wildman–Crippen LogP) is 1.50. The molecule has 15 heavy (non-hydrogen) atoms. The third-order valence-electron chi connectivity index (χ3n) is 1.75. The van der Waals surface area contributed by atoms with E-state index in [0.29, 0.717) is 12.4 Å². The summed E-state index contributed by atoms with van der Waals surface area (Å²) >= 11 is -1.18. The van der Waals surface area contributed by atoms with Crippen molar-refractivity contribution in [3.63, 3.8) is 0 Å². The van der Waals surface area contributed by atoms with Crippen molar-refractivity contribution in [2.24, 2.45) is 0 Å². The summed E-state index contributed by atoms with van der Waals surface area (Å²) < 4.78 is 16.2. The third kappa shape index (κ3) is 4.85. The van der Waals surface area contributed by atoms with E-state index in [0.717, 1.165) is 5.56 Å². The molecule has 1 atom stereocenters. The molecular weight excluding hydrogens is 212 g/mol. The lowest BCUT2D eigenvalue weighted by Crippen LogP contribution is -2.19. The van der Waals surface area contributed by atoms with Crippen molar-refractivity contribution in [2.75, 3.05) is 12.4 Å². The summed E-state index contributed by atoms with van der Waals surface area (Å²) in [6.45, 7) is 2.07. The van der Waals surface area contributed by atoms with Crippen LogP contribution < -0.4 is 0 Å². The first kappa shape index (κ1) is 12.1. The van der Waals surface area contributed by atoms with Crippen molar-refractivity contribution >= 4 is 17.1 Å². The molecule has 0 amide bonds. The highest BCUT2D eigenvalue weighted by Gasteiger charge is 2.14. The Morgan fingerprint density at radius 2 is 2.07 bits per heavy atom. The second kappa shape index (κ2) is 6.48. The van der Waals surface area contributed by atoms with Gasteiger partial charge in [-0.05, 0) is 18.1 Å². The van der Waals surface area contributed by atoms with Gasteiger partial charge in [-0.2, -0.15) is 0 Å². The van der Waals surface area contributed by atoms with E-state index in [1.807, 2.05) is 30.3 Å². The predicted molar refractivity (Wildman–Crippen MR) is 59.8 cm³/mol. The van der Waals surface area contributed by atoms with Crippen LogP contribution in [0.4, 0.5) is 0 Å². The lowest BCUT2D eigenvalue weighted by atomic mass is 10.2. The number of benzene rings is 1. The Morgan fingerprint density at radius 1 is 1.40 bits per heavy atom. The highest BCUT2D eigenvalue weighted by molar-refractivity contribution is 7.91. The SMILES string of the molecule is CCOC(=O)C[S+]([O-])Cc1ccccc1. The van der Waals surface area contributed by atoms with Gasteiger partial charge in [-0.25, -0.2) is 4.79 Å². The first-order valence-electron chi connectivity index (χ1n) is 4.77. The summed E-state index contributed by atoms with van der Waals surface area (Å²) in [7, 11) is 0. The van der Waals surface area contributed by atoms with Crippen molar-refractivity contribution in [3.05, 3.63) is 35.9 Å². The highest BCUT2D eigenvalue weighted by Crippen LogP contribution is 2.06. The van der Waals surface area contributed by atoms with Crippen molar-refractivity contribution in [2.45, 2.75) is 12.7 Å². The van der Waals surface area contributed by atoms with Gasteiger partial charge in [-0.15, -0.1) is 0 Å². The molecule has 0 heterocycles. The van der Waals surface area contributed by atoms with Crippen molar-refractivity contribution in [3.8, 4) is 0 Å². The summed E-state index contributed by atoms with van der Waals surface area (Å²) in [5, 5.41) is 0. The lowest BCUT2D eigenvalue weighted by molar-refractivity contribution is -0.139. The van der Waals surface area contributed by atoms with Gasteiger partial charge in [0.1, 0.15) is 5.75 Å². The van der Waals surface area contributed by atoms with Crippen molar-refractivity contribution in [1.29, 1.82) is 0 Å². The van der Waals surface area contributed by atoms with E-state index in [1.54, 1.807) is 6.92 Å². The average molecular weight is 226 g/mol. The first-order valence-corrected chi connectivity index (χ1v) is 6.25. The van der Waals surface area contributed by atoms with E-state index in [4.69, 9.17) is 4.74 Å². The Labute approximate surface area is 92.6 Å². The van der Waals surface area contributed by atoms with Crippen LogP contribution in [0.2, 0.25) is 0 Å². The fourth-order valence-corrected chi connectivity index (χ4v) is 2.16. The minimum atomic E-state index is -1.18. The number of rotatable bonds is 5. The van der Waals surface area contributed by atoms with Gasteiger partial charge >= 0.3 is 5.97 Å². The van der Waals surface area contributed by atoms with Crippen LogP contribution in [-0.2, 0) is 26.5 Å². The van der Waals surface area contributed by atoms with Gasteiger partial charge in [0.05, 0.1) is 6.61 Å². The molecule has 0 bridgehead atoms. The molecule has 0 N–H and O–H groups in total. The first-order chi connectivity index (χ1) is 7.22. The van der Waals surface area contributed by atoms with Crippen molar-refractivity contribution < 1.29 is 14.1 Å². The van der Waals surface area contributed by atoms with Crippen LogP contribution in [0.5, 0.6) is 0 Å². The van der Waals surface area contributed by atoms with Crippen molar-refractivity contribution in [1.82, 2.24) is 0 Å². The van der Waals surface area contributed by atoms with E-state index >= 15 is 0 Å². The minimum Gasteiger partial charge on any atom is -0.616 e. The van der Waals surface area contributed by atoms with Crippen LogP contribution >= 0.6 is 0 Å². The molecule has 1 aromatic carbocycles. The van der Waals surface area contributed by atoms with Gasteiger partial charge in [0.2, 0.25) is 5.75 Å². The average Bonchev–Trinajstić information content (AvgIpc) is 2.19. The monoisotopic (exact) mass is 226 g/mol. The Balaban J connectivity index is 2.36. The Kier molecular flexibility index (Phi) is 5.21. The number of hydrogen-bond donors (Lipinski definition) is 0. The van der Waals surface area contributed by atoms with Gasteiger partial charge < -0.3 is 9.29 Å². The zero-order chi connectivity index (χ0) is 11.1. The van der Waals surface area contributed by atoms with Crippen LogP contribution in [0.25, 0.3) is 0 Å². The van der Waals surface area contributed by atoms with Gasteiger partial charge in [-0.1, -0.05) is 30.3 Å². The van der Waals surface area contributed by atoms with Gasteiger partial charge in [-0.3, -0.25) is 0 Å². The second-order valence-corrected chi connectivity index (χ2v) is 4.48. The van der Waals surface area contributed by atoms with Gasteiger partial charge in [0.25, 0.3) is 0 Å². The molecule has 0 spiro atoms. The molecule has 0 fully saturated rings. The molecule has 0 aliphatic carbocycles. The van der Waals surface area contributed by atoms with E-state index in [-0.39, 0.29) is 5.75 Å². The molecule has 0 aromatic heterocycles. The molecule has 1 aromatic rings. The molecule has 0 aliphatic rings. The third-order valence-corrected chi connectivity index (χ3v) is 2.97. The molecular formula is C11H14O3S. The number of esters is 1. The molecule has 1 unspecified atom stereocenters. The standard InChI is InChI=1S/C11H14O3S/c1-2-14-11(12)9-15(13)8-10-6-4-3-5-7-10/h3-7H,2,8-9H2,1H3. The number of ether oxygens (including phenoxy) is 1. The van der Waals surface area contributed by atoms with E-state index in [9.17, 15) is 9.35 Å². The molecule has 1 rings (SSSR count). The molecule has 3 nitrogen and oxygen atoms in total. The molecule has 0 saturated carbocycles. The van der Waals surface area contributed by atoms with Crippen LogP contribution in [0, 0.1) is 0 Å². The smallest absolute Gasteiger partial charge is 0.356 e. The maximum Gasteiger partial charge on any atom is 0.356 e. The van der Waals surface area contributed by atoms with Crippen LogP contribution in [0.15, 0.2) is 30.3 Å². The summed E-state index contributed by atoms with van der Waals surface area (Å²) in [4.78, 5) is 11.0. The zero-order valence-electron chi connectivity index (χ0n) is 8.64. The summed E-state index contributed by atoms with van der Waals surface area (Å²) in [6, 6.07) is 9.46. The normalized spacial score (nSPS) is 12.1. The largest absolute Gasteiger partial charge is 0.616 e. The van der Waals surface area contributed by atoms with Crippen LogP contribution in [-0.4, -0.2) is 22.9 Å². The Bertz CT molecular complexity index is 300. The van der Waals surface area contributed by atoms with E-state index in [1.165, 1.54) is 0 Å². The van der Waals surface area contributed by atoms with Gasteiger partial charge in [0.15, 0.2) is 0 Å². The fourth-order valence-electron chi connectivity index (χ4n) is 1.15. The number of carbonyl (C=O) groups excluding carboxylic acids is 1. The minimum absolute atomic E-state index is 0.0251. The summed E-state index contributed by atoms with van der Waals surface area (Å²) in [6.07, 6.45) is 0. The maximum absolute atomic E-state index is 11.5. The topological polar surface area (TPSA) is 49.4 Å². The number of hydrogen-bond acceptors (Lipinski definition) is 3. The molecule has 0 saturated heterocycles. The maximum atomic E-state index is 11.5. The van der Waals surface area contributed by atoms with E-state index < -0.39 is 17.1 Å². The number of carbonyl (C=O) groups is 1. The highest BCUT2D eigenvalue weighted by atomic mass is 32.2. The quantitative estimate of drug-likeness (QED) is 0.564. The van der Waals surface area contributed by atoms with Crippen LogP contribution in [0.1, 0.15) is 12.5 Å².